The first kappa shape index (κ1) is 15.9. The van der Waals surface area contributed by atoms with Crippen molar-refractivity contribution >= 4 is 5.91 Å². The number of nitrogens with zero attached hydrogens (tertiary/aromatic N) is 1. The molecule has 2 aliphatic rings. The molecule has 1 atom stereocenters. The lowest BCUT2D eigenvalue weighted by Crippen LogP contribution is -2.26. The maximum absolute atomic E-state index is 12.2. The highest BCUT2D eigenvalue weighted by Gasteiger charge is 2.32. The molecule has 1 unspecified atom stereocenters. The number of carbonyl (C=O) groups is 1. The molecule has 1 aromatic carbocycles. The van der Waals surface area contributed by atoms with Gasteiger partial charge in [-0.1, -0.05) is 6.07 Å². The van der Waals surface area contributed by atoms with Gasteiger partial charge in [-0.3, -0.25) is 9.78 Å². The number of hydrogen-bond donors (Lipinski definition) is 1. The van der Waals surface area contributed by atoms with Gasteiger partial charge in [0.05, 0.1) is 0 Å². The molecule has 2 heterocycles. The molecule has 5 heteroatoms. The van der Waals surface area contributed by atoms with Crippen LogP contribution in [0.1, 0.15) is 41.1 Å². The van der Waals surface area contributed by atoms with Crippen molar-refractivity contribution in [3.05, 3.63) is 53.9 Å². The van der Waals surface area contributed by atoms with Crippen LogP contribution in [0.3, 0.4) is 0 Å². The van der Waals surface area contributed by atoms with E-state index in [1.807, 2.05) is 6.07 Å². The van der Waals surface area contributed by atoms with Gasteiger partial charge in [0.1, 0.15) is 13.2 Å². The molecule has 0 bridgehead atoms. The fourth-order valence-corrected chi connectivity index (χ4v) is 3.41. The molecule has 25 heavy (non-hydrogen) atoms. The average molecular weight is 338 g/mol. The minimum atomic E-state index is -0.0425. The second-order valence-electron chi connectivity index (χ2n) is 6.63. The summed E-state index contributed by atoms with van der Waals surface area (Å²) in [5, 5.41) is 3.02. The normalized spacial score (nSPS) is 17.0. The molecule has 1 amide bonds. The smallest absolute Gasteiger partial charge is 0.251 e. The van der Waals surface area contributed by atoms with E-state index < -0.39 is 0 Å². The van der Waals surface area contributed by atoms with E-state index in [9.17, 15) is 4.79 Å². The zero-order chi connectivity index (χ0) is 17.1. The van der Waals surface area contributed by atoms with E-state index in [2.05, 4.69) is 22.4 Å². The lowest BCUT2D eigenvalue weighted by Gasteiger charge is -2.22. The van der Waals surface area contributed by atoms with Gasteiger partial charge in [0, 0.05) is 24.5 Å². The zero-order valence-corrected chi connectivity index (χ0v) is 14.1. The van der Waals surface area contributed by atoms with E-state index in [0.29, 0.717) is 37.2 Å². The Bertz CT molecular complexity index is 744. The van der Waals surface area contributed by atoms with Crippen LogP contribution in [0, 0.1) is 5.92 Å². The van der Waals surface area contributed by atoms with Gasteiger partial charge >= 0.3 is 0 Å². The predicted octanol–water partition coefficient (Wildman–Crippen LogP) is 3.17. The molecule has 4 rings (SSSR count). The molecule has 1 N–H and O–H groups in total. The first-order chi connectivity index (χ1) is 12.3. The molecular formula is C20H22N2O3. The van der Waals surface area contributed by atoms with Crippen molar-refractivity contribution in [3.8, 4) is 11.5 Å². The number of carbonyl (C=O) groups excluding carboxylic acids is 1. The summed E-state index contributed by atoms with van der Waals surface area (Å²) in [5.41, 5.74) is 1.93. The van der Waals surface area contributed by atoms with Crippen molar-refractivity contribution in [2.75, 3.05) is 19.8 Å². The number of rotatable bonds is 6. The second-order valence-corrected chi connectivity index (χ2v) is 6.63. The van der Waals surface area contributed by atoms with Crippen LogP contribution in [0.15, 0.2) is 42.7 Å². The topological polar surface area (TPSA) is 60.5 Å². The SMILES string of the molecule is O=C(NCCC(c1ccc2c(c1)OCCO2)C1CC1)c1ccncc1. The van der Waals surface area contributed by atoms with E-state index >= 15 is 0 Å². The molecular weight excluding hydrogens is 316 g/mol. The molecule has 0 spiro atoms. The molecule has 1 aromatic heterocycles. The highest BCUT2D eigenvalue weighted by molar-refractivity contribution is 5.93. The van der Waals surface area contributed by atoms with Crippen molar-refractivity contribution in [1.29, 1.82) is 0 Å². The van der Waals surface area contributed by atoms with Crippen molar-refractivity contribution in [3.63, 3.8) is 0 Å². The summed E-state index contributed by atoms with van der Waals surface area (Å²) in [5.74, 6) is 2.79. The number of ether oxygens (including phenoxy) is 2. The van der Waals surface area contributed by atoms with Crippen LogP contribution in [0.2, 0.25) is 0 Å². The Morgan fingerprint density at radius 1 is 1.12 bits per heavy atom. The Morgan fingerprint density at radius 3 is 2.64 bits per heavy atom. The first-order valence-electron chi connectivity index (χ1n) is 8.89. The van der Waals surface area contributed by atoms with Gasteiger partial charge in [0.2, 0.25) is 0 Å². The van der Waals surface area contributed by atoms with Gasteiger partial charge in [0.15, 0.2) is 11.5 Å². The van der Waals surface area contributed by atoms with Crippen molar-refractivity contribution < 1.29 is 14.3 Å². The highest BCUT2D eigenvalue weighted by Crippen LogP contribution is 2.46. The molecule has 1 aliphatic carbocycles. The van der Waals surface area contributed by atoms with Gasteiger partial charge in [-0.25, -0.2) is 0 Å². The Kier molecular flexibility index (Phi) is 4.55. The molecule has 1 saturated carbocycles. The monoisotopic (exact) mass is 338 g/mol. The van der Waals surface area contributed by atoms with Crippen molar-refractivity contribution in [1.82, 2.24) is 10.3 Å². The van der Waals surface area contributed by atoms with E-state index in [1.165, 1.54) is 18.4 Å². The van der Waals surface area contributed by atoms with E-state index in [0.717, 1.165) is 17.9 Å². The highest BCUT2D eigenvalue weighted by atomic mass is 16.6. The molecule has 5 nitrogen and oxygen atoms in total. The van der Waals surface area contributed by atoms with Gasteiger partial charge < -0.3 is 14.8 Å². The standard InChI is InChI=1S/C20H22N2O3/c23-20(15-5-8-21-9-6-15)22-10-7-17(14-1-2-14)16-3-4-18-19(13-16)25-12-11-24-18/h3-6,8-9,13-14,17H,1-2,7,10-12H2,(H,22,23). The second kappa shape index (κ2) is 7.13. The number of amides is 1. The minimum Gasteiger partial charge on any atom is -0.486 e. The largest absolute Gasteiger partial charge is 0.486 e. The third-order valence-electron chi connectivity index (χ3n) is 4.87. The number of hydrogen-bond acceptors (Lipinski definition) is 4. The quantitative estimate of drug-likeness (QED) is 0.879. The fraction of sp³-hybridized carbons (Fsp3) is 0.400. The average Bonchev–Trinajstić information content (AvgIpc) is 3.50. The van der Waals surface area contributed by atoms with Crippen LogP contribution in [0.5, 0.6) is 11.5 Å². The molecule has 0 radical (unpaired) electrons. The first-order valence-corrected chi connectivity index (χ1v) is 8.89. The van der Waals surface area contributed by atoms with Gasteiger partial charge in [-0.15, -0.1) is 0 Å². The lowest BCUT2D eigenvalue weighted by atomic mass is 9.90. The molecule has 2 aromatic rings. The number of aromatic nitrogens is 1. The van der Waals surface area contributed by atoms with Crippen LogP contribution in [-0.4, -0.2) is 30.6 Å². The van der Waals surface area contributed by atoms with Gasteiger partial charge in [-0.05, 0) is 60.9 Å². The van der Waals surface area contributed by atoms with Crippen molar-refractivity contribution in [2.45, 2.75) is 25.2 Å². The maximum Gasteiger partial charge on any atom is 0.251 e. The summed E-state index contributed by atoms with van der Waals surface area (Å²) in [6.45, 7) is 1.88. The van der Waals surface area contributed by atoms with E-state index in [-0.39, 0.29) is 5.91 Å². The molecule has 0 saturated heterocycles. The molecule has 130 valence electrons. The minimum absolute atomic E-state index is 0.0425. The zero-order valence-electron chi connectivity index (χ0n) is 14.1. The number of nitrogens with one attached hydrogen (secondary N) is 1. The fourth-order valence-electron chi connectivity index (χ4n) is 3.41. The Labute approximate surface area is 147 Å². The molecule has 1 aliphatic heterocycles. The number of pyridine rings is 1. The van der Waals surface area contributed by atoms with Crippen LogP contribution in [0.25, 0.3) is 0 Å². The van der Waals surface area contributed by atoms with Gasteiger partial charge in [-0.2, -0.15) is 0 Å². The Hall–Kier alpha value is -2.56. The van der Waals surface area contributed by atoms with Crippen LogP contribution < -0.4 is 14.8 Å². The van der Waals surface area contributed by atoms with Crippen molar-refractivity contribution in [2.24, 2.45) is 5.92 Å². The third kappa shape index (κ3) is 3.76. The summed E-state index contributed by atoms with van der Waals surface area (Å²) in [4.78, 5) is 16.1. The summed E-state index contributed by atoms with van der Waals surface area (Å²) in [7, 11) is 0. The number of benzene rings is 1. The number of fused-ring (bicyclic) bond motifs is 1. The Balaban J connectivity index is 1.40. The van der Waals surface area contributed by atoms with Crippen LogP contribution in [-0.2, 0) is 0 Å². The summed E-state index contributed by atoms with van der Waals surface area (Å²) >= 11 is 0. The third-order valence-corrected chi connectivity index (χ3v) is 4.87. The summed E-state index contributed by atoms with van der Waals surface area (Å²) in [6.07, 6.45) is 6.73. The summed E-state index contributed by atoms with van der Waals surface area (Å²) < 4.78 is 11.3. The summed E-state index contributed by atoms with van der Waals surface area (Å²) in [6, 6.07) is 9.72. The van der Waals surface area contributed by atoms with Crippen LogP contribution >= 0.6 is 0 Å². The maximum atomic E-state index is 12.2. The van der Waals surface area contributed by atoms with Gasteiger partial charge in [0.25, 0.3) is 5.91 Å². The van der Waals surface area contributed by atoms with Crippen LogP contribution in [0.4, 0.5) is 0 Å². The Morgan fingerprint density at radius 2 is 1.88 bits per heavy atom. The lowest BCUT2D eigenvalue weighted by molar-refractivity contribution is 0.0952. The predicted molar refractivity (Wildman–Crippen MR) is 94.1 cm³/mol. The molecule has 1 fully saturated rings. The van der Waals surface area contributed by atoms with E-state index in [1.54, 1.807) is 24.5 Å². The van der Waals surface area contributed by atoms with E-state index in [4.69, 9.17) is 9.47 Å².